The normalized spacial score (nSPS) is 19.7. The number of carboxylic acid groups (broad SMARTS) is 1. The summed E-state index contributed by atoms with van der Waals surface area (Å²) >= 11 is 0. The van der Waals surface area contributed by atoms with E-state index in [9.17, 15) is 19.1 Å². The highest BCUT2D eigenvalue weighted by molar-refractivity contribution is 5.94. The predicted octanol–water partition coefficient (Wildman–Crippen LogP) is 3.14. The average Bonchev–Trinajstić information content (AvgIpc) is 3.08. The number of hydrogen-bond donors (Lipinski definition) is 2. The third kappa shape index (κ3) is 3.39. The minimum Gasteiger partial charge on any atom is -0.477 e. The number of aromatic carboxylic acids is 1. The molecule has 1 aromatic carbocycles. The number of carbonyl (C=O) groups is 1. The number of rotatable bonds is 6. The Bertz CT molecular complexity index is 1020. The molecule has 1 unspecified atom stereocenters. The van der Waals surface area contributed by atoms with Gasteiger partial charge in [0.05, 0.1) is 10.9 Å². The molecule has 1 aliphatic carbocycles. The molecule has 156 valence electrons. The molecule has 0 spiro atoms. The number of fused-ring (bicyclic) bond motifs is 1. The maximum atomic E-state index is 15.7. The van der Waals surface area contributed by atoms with Crippen molar-refractivity contribution in [1.29, 1.82) is 0 Å². The first-order chi connectivity index (χ1) is 13.9. The molecule has 2 aliphatic rings. The molecule has 0 radical (unpaired) electrons. The Morgan fingerprint density at radius 2 is 2.07 bits per heavy atom. The van der Waals surface area contributed by atoms with E-state index in [2.05, 4.69) is 5.32 Å². The fourth-order valence-electron chi connectivity index (χ4n) is 4.38. The van der Waals surface area contributed by atoms with E-state index in [1.807, 2.05) is 6.92 Å². The number of carboxylic acids is 1. The number of nitrogens with zero attached hydrogens (tertiary/aromatic N) is 2. The number of pyridine rings is 1. The van der Waals surface area contributed by atoms with Crippen LogP contribution in [0.5, 0.6) is 0 Å². The second kappa shape index (κ2) is 7.74. The van der Waals surface area contributed by atoms with Crippen LogP contribution in [0.3, 0.4) is 0 Å². The maximum Gasteiger partial charge on any atom is 0.341 e. The van der Waals surface area contributed by atoms with Crippen molar-refractivity contribution in [2.75, 3.05) is 31.1 Å². The largest absolute Gasteiger partial charge is 0.477 e. The summed E-state index contributed by atoms with van der Waals surface area (Å²) in [4.78, 5) is 25.8. The molecule has 1 aliphatic heterocycles. The fraction of sp³-hybridized carbons (Fsp3) is 0.524. The number of benzene rings is 1. The van der Waals surface area contributed by atoms with E-state index in [4.69, 9.17) is 0 Å². The second-order valence-electron chi connectivity index (χ2n) is 7.99. The van der Waals surface area contributed by atoms with E-state index >= 15 is 4.39 Å². The summed E-state index contributed by atoms with van der Waals surface area (Å²) < 4.78 is 32.1. The minimum absolute atomic E-state index is 0.0104. The first-order valence-electron chi connectivity index (χ1n) is 10.2. The van der Waals surface area contributed by atoms with E-state index in [0.717, 1.165) is 44.8 Å². The topological polar surface area (TPSA) is 74.6 Å². The molecule has 1 aromatic heterocycles. The summed E-state index contributed by atoms with van der Waals surface area (Å²) in [5, 5.41) is 12.4. The Morgan fingerprint density at radius 3 is 2.69 bits per heavy atom. The highest BCUT2D eigenvalue weighted by atomic mass is 19.1. The van der Waals surface area contributed by atoms with Crippen LogP contribution in [0.15, 0.2) is 17.1 Å². The summed E-state index contributed by atoms with van der Waals surface area (Å²) in [5.74, 6) is -2.68. The molecule has 8 heteroatoms. The van der Waals surface area contributed by atoms with Crippen molar-refractivity contribution >= 4 is 22.6 Å². The molecule has 4 rings (SSSR count). The Hall–Kier alpha value is -2.48. The van der Waals surface area contributed by atoms with Crippen molar-refractivity contribution in [2.45, 2.75) is 38.6 Å². The quantitative estimate of drug-likeness (QED) is 0.772. The average molecular weight is 405 g/mol. The lowest BCUT2D eigenvalue weighted by molar-refractivity contribution is 0.0694. The molecule has 1 saturated carbocycles. The predicted molar refractivity (Wildman–Crippen MR) is 107 cm³/mol. The van der Waals surface area contributed by atoms with Crippen LogP contribution in [0, 0.1) is 17.6 Å². The van der Waals surface area contributed by atoms with Crippen molar-refractivity contribution in [3.8, 4) is 0 Å². The van der Waals surface area contributed by atoms with Gasteiger partial charge >= 0.3 is 5.97 Å². The Kier molecular flexibility index (Phi) is 5.29. The van der Waals surface area contributed by atoms with E-state index in [-0.39, 0.29) is 22.6 Å². The van der Waals surface area contributed by atoms with E-state index < -0.39 is 28.6 Å². The molecule has 1 atom stereocenters. The zero-order chi connectivity index (χ0) is 20.7. The number of hydrogen-bond acceptors (Lipinski definition) is 4. The van der Waals surface area contributed by atoms with Crippen molar-refractivity contribution in [3.05, 3.63) is 39.7 Å². The third-order valence-corrected chi connectivity index (χ3v) is 6.17. The summed E-state index contributed by atoms with van der Waals surface area (Å²) in [6.45, 7) is 4.72. The van der Waals surface area contributed by atoms with Crippen LogP contribution in [0.25, 0.3) is 10.9 Å². The Morgan fingerprint density at radius 1 is 1.31 bits per heavy atom. The van der Waals surface area contributed by atoms with Crippen LogP contribution in [-0.4, -0.2) is 41.8 Å². The van der Waals surface area contributed by atoms with Crippen LogP contribution >= 0.6 is 0 Å². The standard InChI is InChI=1S/C21H25F2N3O3/c1-2-24-9-12-6-7-25(10-12)19-16(22)8-14-18(17(19)23)26(13-4-3-5-13)11-15(20(14)27)21(28)29/h8,11-13,24H,2-7,9-10H2,1H3,(H,28,29). The summed E-state index contributed by atoms with van der Waals surface area (Å²) in [7, 11) is 0. The number of nitrogens with one attached hydrogen (secondary N) is 1. The van der Waals surface area contributed by atoms with Crippen molar-refractivity contribution in [3.63, 3.8) is 0 Å². The lowest BCUT2D eigenvalue weighted by Crippen LogP contribution is -2.29. The van der Waals surface area contributed by atoms with E-state index in [0.29, 0.717) is 19.0 Å². The van der Waals surface area contributed by atoms with Gasteiger partial charge in [0.1, 0.15) is 17.1 Å². The molecular weight excluding hydrogens is 380 g/mol. The zero-order valence-corrected chi connectivity index (χ0v) is 16.4. The number of halogens is 2. The molecule has 29 heavy (non-hydrogen) atoms. The Labute approximate surface area is 167 Å². The van der Waals surface area contributed by atoms with Crippen LogP contribution < -0.4 is 15.6 Å². The van der Waals surface area contributed by atoms with Crippen LogP contribution in [-0.2, 0) is 0 Å². The van der Waals surface area contributed by atoms with Crippen molar-refractivity contribution in [1.82, 2.24) is 9.88 Å². The molecule has 6 nitrogen and oxygen atoms in total. The van der Waals surface area contributed by atoms with Gasteiger partial charge in [-0.15, -0.1) is 0 Å². The van der Waals surface area contributed by atoms with Crippen LogP contribution in [0.4, 0.5) is 14.5 Å². The zero-order valence-electron chi connectivity index (χ0n) is 16.4. The smallest absolute Gasteiger partial charge is 0.341 e. The van der Waals surface area contributed by atoms with Gasteiger partial charge in [-0.3, -0.25) is 4.79 Å². The van der Waals surface area contributed by atoms with Gasteiger partial charge in [0, 0.05) is 25.3 Å². The molecule has 2 aromatic rings. The van der Waals surface area contributed by atoms with Crippen molar-refractivity contribution < 1.29 is 18.7 Å². The first kappa shape index (κ1) is 19.8. The van der Waals surface area contributed by atoms with Gasteiger partial charge in [-0.25, -0.2) is 13.6 Å². The molecule has 0 bridgehead atoms. The summed E-state index contributed by atoms with van der Waals surface area (Å²) in [5.41, 5.74) is -1.41. The molecule has 0 amide bonds. The van der Waals surface area contributed by atoms with Gasteiger partial charge < -0.3 is 19.9 Å². The van der Waals surface area contributed by atoms with Gasteiger partial charge in [-0.05, 0) is 50.8 Å². The Balaban J connectivity index is 1.85. The highest BCUT2D eigenvalue weighted by Crippen LogP contribution is 2.38. The van der Waals surface area contributed by atoms with Gasteiger partial charge in [-0.2, -0.15) is 0 Å². The minimum atomic E-state index is -1.39. The van der Waals surface area contributed by atoms with E-state index in [1.165, 1.54) is 10.8 Å². The molecule has 2 fully saturated rings. The van der Waals surface area contributed by atoms with Crippen molar-refractivity contribution in [2.24, 2.45) is 5.92 Å². The van der Waals surface area contributed by atoms with Gasteiger partial charge in [0.2, 0.25) is 5.43 Å². The third-order valence-electron chi connectivity index (χ3n) is 6.17. The molecule has 2 N–H and O–H groups in total. The highest BCUT2D eigenvalue weighted by Gasteiger charge is 2.31. The van der Waals surface area contributed by atoms with E-state index in [1.54, 1.807) is 4.90 Å². The molecular formula is C21H25F2N3O3. The van der Waals surface area contributed by atoms with Gasteiger partial charge in [0.25, 0.3) is 0 Å². The second-order valence-corrected chi connectivity index (χ2v) is 7.99. The fourth-order valence-corrected chi connectivity index (χ4v) is 4.38. The molecule has 2 heterocycles. The van der Waals surface area contributed by atoms with Gasteiger partial charge in [0.15, 0.2) is 5.82 Å². The number of aromatic nitrogens is 1. The van der Waals surface area contributed by atoms with Gasteiger partial charge in [-0.1, -0.05) is 6.92 Å². The number of anilines is 1. The monoisotopic (exact) mass is 405 g/mol. The summed E-state index contributed by atoms with van der Waals surface area (Å²) in [6.07, 6.45) is 4.56. The van der Waals surface area contributed by atoms with Crippen LogP contribution in [0.1, 0.15) is 49.0 Å². The first-order valence-corrected chi connectivity index (χ1v) is 10.2. The lowest BCUT2D eigenvalue weighted by atomic mass is 9.92. The maximum absolute atomic E-state index is 15.7. The van der Waals surface area contributed by atoms with Crippen LogP contribution in [0.2, 0.25) is 0 Å². The summed E-state index contributed by atoms with van der Waals surface area (Å²) in [6, 6.07) is 0.930. The molecule has 1 saturated heterocycles. The lowest BCUT2D eigenvalue weighted by Gasteiger charge is -2.31. The SMILES string of the molecule is CCNCC1CCN(c2c(F)cc3c(=O)c(C(=O)O)cn(C4CCC4)c3c2F)C1.